The van der Waals surface area contributed by atoms with E-state index in [4.69, 9.17) is 4.74 Å². The van der Waals surface area contributed by atoms with Crippen LogP contribution in [0.1, 0.15) is 36.0 Å². The molecule has 132 valence electrons. The van der Waals surface area contributed by atoms with E-state index in [1.165, 1.54) is 16.4 Å². The summed E-state index contributed by atoms with van der Waals surface area (Å²) in [5.74, 6) is 0.0264. The summed E-state index contributed by atoms with van der Waals surface area (Å²) in [6.45, 7) is 1.72. The zero-order chi connectivity index (χ0) is 17.2. The van der Waals surface area contributed by atoms with Gasteiger partial charge in [0.25, 0.3) is 5.91 Å². The first-order valence-electron chi connectivity index (χ1n) is 8.42. The van der Waals surface area contributed by atoms with Crippen LogP contribution in [-0.2, 0) is 14.8 Å². The zero-order valence-corrected chi connectivity index (χ0v) is 14.7. The van der Waals surface area contributed by atoms with Gasteiger partial charge in [0.15, 0.2) is 0 Å². The highest BCUT2D eigenvalue weighted by atomic mass is 32.2. The summed E-state index contributed by atoms with van der Waals surface area (Å²) in [7, 11) is -2.03. The lowest BCUT2D eigenvalue weighted by Gasteiger charge is -2.26. The molecule has 0 aromatic heterocycles. The summed E-state index contributed by atoms with van der Waals surface area (Å²) in [6.07, 6.45) is 4.00. The number of rotatable bonds is 6. The molecule has 1 saturated heterocycles. The van der Waals surface area contributed by atoms with Crippen LogP contribution in [0.25, 0.3) is 0 Å². The fourth-order valence-corrected chi connectivity index (χ4v) is 4.28. The number of amides is 1. The lowest BCUT2D eigenvalue weighted by atomic mass is 9.93. The molecule has 1 aliphatic carbocycles. The summed E-state index contributed by atoms with van der Waals surface area (Å²) >= 11 is 0. The molecular formula is C17H24N2O4S. The third-order valence-corrected chi connectivity index (χ3v) is 6.60. The van der Waals surface area contributed by atoms with Crippen molar-refractivity contribution >= 4 is 15.9 Å². The normalized spacial score (nSPS) is 21.7. The van der Waals surface area contributed by atoms with Crippen molar-refractivity contribution in [2.45, 2.75) is 36.6 Å². The molecule has 0 bridgehead atoms. The largest absolute Gasteiger partial charge is 0.381 e. The van der Waals surface area contributed by atoms with E-state index in [0.717, 1.165) is 25.7 Å². The van der Waals surface area contributed by atoms with Crippen LogP contribution in [0.15, 0.2) is 29.2 Å². The van der Waals surface area contributed by atoms with E-state index in [1.807, 2.05) is 0 Å². The average molecular weight is 352 g/mol. The Hall–Kier alpha value is -1.44. The molecule has 1 atom stereocenters. The Morgan fingerprint density at radius 3 is 2.75 bits per heavy atom. The molecule has 1 N–H and O–H groups in total. The maximum Gasteiger partial charge on any atom is 0.251 e. The first-order chi connectivity index (χ1) is 11.5. The van der Waals surface area contributed by atoms with Crippen molar-refractivity contribution in [2.24, 2.45) is 5.92 Å². The minimum atomic E-state index is -3.60. The molecule has 1 aromatic carbocycles. The van der Waals surface area contributed by atoms with Gasteiger partial charge in [0, 0.05) is 31.8 Å². The second-order valence-electron chi connectivity index (χ2n) is 6.64. The molecule has 0 spiro atoms. The number of ether oxygens (including phenoxy) is 1. The van der Waals surface area contributed by atoms with Crippen LogP contribution >= 0.6 is 0 Å². The number of hydrogen-bond donors (Lipinski definition) is 1. The van der Waals surface area contributed by atoms with Crippen molar-refractivity contribution in [3.63, 3.8) is 0 Å². The molecule has 1 aromatic rings. The number of sulfonamides is 1. The average Bonchev–Trinajstić information content (AvgIpc) is 3.03. The zero-order valence-electron chi connectivity index (χ0n) is 13.9. The standard InChI is InChI=1S/C17H24N2O4S/c1-19(11-13-8-9-23-12-13)24(21,22)16-7-2-4-14(10-16)17(20)18-15-5-3-6-15/h2,4,7,10,13,15H,3,5-6,8-9,11-12H2,1H3,(H,18,20). The van der Waals surface area contributed by atoms with Crippen molar-refractivity contribution in [2.75, 3.05) is 26.8 Å². The number of benzene rings is 1. The van der Waals surface area contributed by atoms with E-state index in [1.54, 1.807) is 19.2 Å². The second-order valence-corrected chi connectivity index (χ2v) is 8.69. The van der Waals surface area contributed by atoms with Crippen LogP contribution in [0, 0.1) is 5.92 Å². The first-order valence-corrected chi connectivity index (χ1v) is 9.86. The molecule has 24 heavy (non-hydrogen) atoms. The predicted octanol–water partition coefficient (Wildman–Crippen LogP) is 1.63. The van der Waals surface area contributed by atoms with Gasteiger partial charge >= 0.3 is 0 Å². The van der Waals surface area contributed by atoms with Gasteiger partial charge in [0.2, 0.25) is 10.0 Å². The van der Waals surface area contributed by atoms with Crippen LogP contribution < -0.4 is 5.32 Å². The molecule has 2 fully saturated rings. The van der Waals surface area contributed by atoms with E-state index in [0.29, 0.717) is 25.3 Å². The SMILES string of the molecule is CN(CC1CCOC1)S(=O)(=O)c1cccc(C(=O)NC2CCC2)c1. The summed E-state index contributed by atoms with van der Waals surface area (Å²) in [4.78, 5) is 12.4. The fourth-order valence-electron chi connectivity index (χ4n) is 2.99. The van der Waals surface area contributed by atoms with Crippen LogP contribution in [0.4, 0.5) is 0 Å². The Balaban J connectivity index is 1.72. The predicted molar refractivity (Wildman–Crippen MR) is 90.3 cm³/mol. The third-order valence-electron chi connectivity index (χ3n) is 4.78. The summed E-state index contributed by atoms with van der Waals surface area (Å²) in [6, 6.07) is 6.50. The highest BCUT2D eigenvalue weighted by Gasteiger charge is 2.27. The first kappa shape index (κ1) is 17.4. The van der Waals surface area contributed by atoms with Gasteiger partial charge in [-0.1, -0.05) is 6.07 Å². The van der Waals surface area contributed by atoms with Gasteiger partial charge in [-0.25, -0.2) is 12.7 Å². The molecule has 1 saturated carbocycles. The minimum absolute atomic E-state index is 0.158. The number of hydrogen-bond acceptors (Lipinski definition) is 4. The maximum absolute atomic E-state index is 12.7. The molecule has 1 aliphatic heterocycles. The Kier molecular flexibility index (Phi) is 5.22. The fraction of sp³-hybridized carbons (Fsp3) is 0.588. The Bertz CT molecular complexity index is 694. The van der Waals surface area contributed by atoms with Crippen LogP contribution in [-0.4, -0.2) is 51.5 Å². The topological polar surface area (TPSA) is 75.7 Å². The molecule has 1 heterocycles. The Morgan fingerprint density at radius 1 is 1.33 bits per heavy atom. The highest BCUT2D eigenvalue weighted by molar-refractivity contribution is 7.89. The van der Waals surface area contributed by atoms with Crippen molar-refractivity contribution in [1.82, 2.24) is 9.62 Å². The van der Waals surface area contributed by atoms with Crippen molar-refractivity contribution in [1.29, 1.82) is 0 Å². The van der Waals surface area contributed by atoms with E-state index < -0.39 is 10.0 Å². The van der Waals surface area contributed by atoms with Crippen LogP contribution in [0.3, 0.4) is 0 Å². The van der Waals surface area contributed by atoms with Crippen molar-refractivity contribution in [3.05, 3.63) is 29.8 Å². The molecule has 1 unspecified atom stereocenters. The smallest absolute Gasteiger partial charge is 0.251 e. The summed E-state index contributed by atoms with van der Waals surface area (Å²) in [5, 5.41) is 2.94. The van der Waals surface area contributed by atoms with Gasteiger partial charge in [-0.2, -0.15) is 0 Å². The molecule has 6 nitrogen and oxygen atoms in total. The number of nitrogens with zero attached hydrogens (tertiary/aromatic N) is 1. The Labute approximate surface area is 143 Å². The van der Waals surface area contributed by atoms with Gasteiger partial charge in [0.1, 0.15) is 0 Å². The monoisotopic (exact) mass is 352 g/mol. The third kappa shape index (κ3) is 3.79. The quantitative estimate of drug-likeness (QED) is 0.844. The van der Waals surface area contributed by atoms with Gasteiger partial charge in [-0.15, -0.1) is 0 Å². The maximum atomic E-state index is 12.7. The van der Waals surface area contributed by atoms with Crippen molar-refractivity contribution < 1.29 is 17.9 Å². The van der Waals surface area contributed by atoms with Crippen molar-refractivity contribution in [3.8, 4) is 0 Å². The molecule has 1 amide bonds. The number of carbonyl (C=O) groups is 1. The van der Waals surface area contributed by atoms with Gasteiger partial charge in [-0.05, 0) is 49.8 Å². The molecule has 3 rings (SSSR count). The lowest BCUT2D eigenvalue weighted by Crippen LogP contribution is -2.39. The minimum Gasteiger partial charge on any atom is -0.381 e. The van der Waals surface area contributed by atoms with E-state index in [9.17, 15) is 13.2 Å². The van der Waals surface area contributed by atoms with E-state index in [-0.39, 0.29) is 22.8 Å². The number of nitrogens with one attached hydrogen (secondary N) is 1. The highest BCUT2D eigenvalue weighted by Crippen LogP contribution is 2.21. The van der Waals surface area contributed by atoms with Crippen LogP contribution in [0.2, 0.25) is 0 Å². The molecule has 0 radical (unpaired) electrons. The second kappa shape index (κ2) is 7.21. The van der Waals surface area contributed by atoms with E-state index in [2.05, 4.69) is 5.32 Å². The molecule has 2 aliphatic rings. The Morgan fingerprint density at radius 2 is 2.12 bits per heavy atom. The van der Waals surface area contributed by atoms with E-state index >= 15 is 0 Å². The van der Waals surface area contributed by atoms with Gasteiger partial charge in [-0.3, -0.25) is 4.79 Å². The summed E-state index contributed by atoms with van der Waals surface area (Å²) < 4.78 is 32.1. The van der Waals surface area contributed by atoms with Crippen LogP contribution in [0.5, 0.6) is 0 Å². The number of carbonyl (C=O) groups excluding carboxylic acids is 1. The molecular weight excluding hydrogens is 328 g/mol. The molecule has 7 heteroatoms. The lowest BCUT2D eigenvalue weighted by molar-refractivity contribution is 0.0916. The summed E-state index contributed by atoms with van der Waals surface area (Å²) in [5.41, 5.74) is 0.389. The van der Waals surface area contributed by atoms with Gasteiger partial charge < -0.3 is 10.1 Å². The van der Waals surface area contributed by atoms with Gasteiger partial charge in [0.05, 0.1) is 11.5 Å².